The number of carboxylic acid groups (broad SMARTS) is 1. The van der Waals surface area contributed by atoms with Crippen LogP contribution in [-0.2, 0) is 11.2 Å². The zero-order chi connectivity index (χ0) is 9.68. The molecule has 0 aliphatic heterocycles. The van der Waals surface area contributed by atoms with Gasteiger partial charge in [-0.25, -0.2) is 0 Å². The minimum Gasteiger partial charge on any atom is -0.481 e. The summed E-state index contributed by atoms with van der Waals surface area (Å²) in [5, 5.41) is 8.99. The van der Waals surface area contributed by atoms with E-state index < -0.39 is 5.97 Å². The van der Waals surface area contributed by atoms with E-state index in [4.69, 9.17) is 16.7 Å². The quantitative estimate of drug-likeness (QED) is 0.809. The number of aromatic nitrogens is 1. The molecule has 1 aromatic rings. The highest BCUT2D eigenvalue weighted by atomic mass is 35.5. The van der Waals surface area contributed by atoms with Gasteiger partial charge < -0.3 is 5.11 Å². The molecule has 0 bridgehead atoms. The van der Waals surface area contributed by atoms with Crippen LogP contribution in [0.3, 0.4) is 0 Å². The van der Waals surface area contributed by atoms with Crippen LogP contribution >= 0.6 is 11.6 Å². The molecule has 3 nitrogen and oxygen atoms in total. The molecule has 0 saturated heterocycles. The molecule has 0 fully saturated rings. The van der Waals surface area contributed by atoms with Crippen LogP contribution in [0.25, 0.3) is 0 Å². The Labute approximate surface area is 81.4 Å². The third-order valence-corrected chi connectivity index (χ3v) is 1.84. The van der Waals surface area contributed by atoms with Gasteiger partial charge >= 0.3 is 5.97 Å². The fourth-order valence-corrected chi connectivity index (χ4v) is 1.09. The number of aliphatic carboxylic acids is 1. The Morgan fingerprint density at radius 1 is 1.54 bits per heavy atom. The molecule has 0 radical (unpaired) electrons. The topological polar surface area (TPSA) is 50.2 Å². The van der Waals surface area contributed by atoms with Crippen molar-refractivity contribution in [3.63, 3.8) is 0 Å². The van der Waals surface area contributed by atoms with Gasteiger partial charge in [-0.2, -0.15) is 0 Å². The van der Waals surface area contributed by atoms with E-state index in [1.165, 1.54) is 0 Å². The monoisotopic (exact) mass is 199 g/mol. The van der Waals surface area contributed by atoms with Gasteiger partial charge in [-0.3, -0.25) is 9.78 Å². The minimum absolute atomic E-state index is 0.185. The maximum atomic E-state index is 10.2. The van der Waals surface area contributed by atoms with Gasteiger partial charge in [-0.1, -0.05) is 11.6 Å². The zero-order valence-electron chi connectivity index (χ0n) is 7.03. The SMILES string of the molecule is O=C(O)CCCc1ccc(Cl)cn1. The van der Waals surface area contributed by atoms with Crippen molar-refractivity contribution in [2.45, 2.75) is 19.3 Å². The molecule has 1 heterocycles. The van der Waals surface area contributed by atoms with E-state index in [1.807, 2.05) is 6.07 Å². The number of pyridine rings is 1. The third-order valence-electron chi connectivity index (χ3n) is 1.61. The highest BCUT2D eigenvalue weighted by Gasteiger charge is 1.98. The molecule has 0 amide bonds. The Balaban J connectivity index is 2.37. The van der Waals surface area contributed by atoms with Crippen LogP contribution in [0.5, 0.6) is 0 Å². The van der Waals surface area contributed by atoms with Gasteiger partial charge in [0.2, 0.25) is 0 Å². The van der Waals surface area contributed by atoms with Gasteiger partial charge in [0.05, 0.1) is 5.02 Å². The van der Waals surface area contributed by atoms with Crippen molar-refractivity contribution in [3.05, 3.63) is 29.0 Å². The second-order valence-corrected chi connectivity index (χ2v) is 3.15. The van der Waals surface area contributed by atoms with Crippen LogP contribution in [0.15, 0.2) is 18.3 Å². The number of nitrogens with zero attached hydrogens (tertiary/aromatic N) is 1. The summed E-state index contributed by atoms with van der Waals surface area (Å²) in [6.07, 6.45) is 3.05. The summed E-state index contributed by atoms with van der Waals surface area (Å²) in [5.74, 6) is -0.769. The molecule has 0 aliphatic carbocycles. The Morgan fingerprint density at radius 2 is 2.31 bits per heavy atom. The average Bonchev–Trinajstić information content (AvgIpc) is 2.08. The van der Waals surface area contributed by atoms with Crippen molar-refractivity contribution in [1.82, 2.24) is 4.98 Å². The molecule has 13 heavy (non-hydrogen) atoms. The first-order valence-corrected chi connectivity index (χ1v) is 4.38. The van der Waals surface area contributed by atoms with Gasteiger partial charge in [-0.05, 0) is 25.0 Å². The lowest BCUT2D eigenvalue weighted by atomic mass is 10.2. The van der Waals surface area contributed by atoms with Gasteiger partial charge in [0.15, 0.2) is 0 Å². The lowest BCUT2D eigenvalue weighted by Gasteiger charge is -1.97. The van der Waals surface area contributed by atoms with E-state index in [0.717, 1.165) is 5.69 Å². The van der Waals surface area contributed by atoms with Crippen LogP contribution < -0.4 is 0 Å². The Hall–Kier alpha value is -1.09. The number of carboxylic acids is 1. The van der Waals surface area contributed by atoms with Crippen LogP contribution in [0.4, 0.5) is 0 Å². The number of hydrogen-bond donors (Lipinski definition) is 1. The van der Waals surface area contributed by atoms with Gasteiger partial charge in [0.25, 0.3) is 0 Å². The fraction of sp³-hybridized carbons (Fsp3) is 0.333. The highest BCUT2D eigenvalue weighted by Crippen LogP contribution is 2.08. The molecule has 0 saturated carbocycles. The summed E-state index contributed by atoms with van der Waals surface area (Å²) in [4.78, 5) is 14.3. The van der Waals surface area contributed by atoms with Gasteiger partial charge in [0, 0.05) is 18.3 Å². The summed E-state index contributed by atoms with van der Waals surface area (Å²) >= 11 is 5.64. The summed E-state index contributed by atoms with van der Waals surface area (Å²) in [6, 6.07) is 3.56. The Bertz CT molecular complexity index is 284. The molecule has 1 N–H and O–H groups in total. The summed E-state index contributed by atoms with van der Waals surface area (Å²) in [5.41, 5.74) is 0.880. The molecule has 0 unspecified atom stereocenters. The lowest BCUT2D eigenvalue weighted by molar-refractivity contribution is -0.137. The van der Waals surface area contributed by atoms with E-state index >= 15 is 0 Å². The molecule has 0 atom stereocenters. The second kappa shape index (κ2) is 4.82. The molecule has 0 aromatic carbocycles. The second-order valence-electron chi connectivity index (χ2n) is 2.72. The third kappa shape index (κ3) is 3.90. The standard InChI is InChI=1S/C9H10ClNO2/c10-7-4-5-8(11-6-7)2-1-3-9(12)13/h4-6H,1-3H2,(H,12,13). The average molecular weight is 200 g/mol. The van der Waals surface area contributed by atoms with Crippen molar-refractivity contribution in [1.29, 1.82) is 0 Å². The smallest absolute Gasteiger partial charge is 0.303 e. The number of aryl methyl sites for hydroxylation is 1. The number of carbonyl (C=O) groups is 1. The highest BCUT2D eigenvalue weighted by molar-refractivity contribution is 6.30. The van der Waals surface area contributed by atoms with E-state index in [9.17, 15) is 4.79 Å². The van der Waals surface area contributed by atoms with E-state index in [2.05, 4.69) is 4.98 Å². The van der Waals surface area contributed by atoms with Crippen LogP contribution in [-0.4, -0.2) is 16.1 Å². The first kappa shape index (κ1) is 9.99. The normalized spacial score (nSPS) is 9.92. The van der Waals surface area contributed by atoms with Crippen molar-refractivity contribution in [3.8, 4) is 0 Å². The number of hydrogen-bond acceptors (Lipinski definition) is 2. The van der Waals surface area contributed by atoms with Crippen molar-refractivity contribution in [2.24, 2.45) is 0 Å². The molecule has 1 rings (SSSR count). The Morgan fingerprint density at radius 3 is 2.85 bits per heavy atom. The first-order valence-electron chi connectivity index (χ1n) is 4.00. The molecule has 0 spiro atoms. The van der Waals surface area contributed by atoms with Crippen LogP contribution in [0.1, 0.15) is 18.5 Å². The van der Waals surface area contributed by atoms with Crippen molar-refractivity contribution >= 4 is 17.6 Å². The maximum Gasteiger partial charge on any atom is 0.303 e. The number of halogens is 1. The largest absolute Gasteiger partial charge is 0.481 e. The molecule has 70 valence electrons. The van der Waals surface area contributed by atoms with E-state index in [-0.39, 0.29) is 6.42 Å². The first-order chi connectivity index (χ1) is 6.18. The van der Waals surface area contributed by atoms with Gasteiger partial charge in [-0.15, -0.1) is 0 Å². The Kier molecular flexibility index (Phi) is 3.71. The molecule has 0 aliphatic rings. The summed E-state index contributed by atoms with van der Waals surface area (Å²) in [7, 11) is 0. The van der Waals surface area contributed by atoms with Crippen LogP contribution in [0.2, 0.25) is 5.02 Å². The predicted molar refractivity (Wildman–Crippen MR) is 49.8 cm³/mol. The maximum absolute atomic E-state index is 10.2. The van der Waals surface area contributed by atoms with Crippen LogP contribution in [0, 0.1) is 0 Å². The molecule has 1 aromatic heterocycles. The molecule has 4 heteroatoms. The van der Waals surface area contributed by atoms with Crippen molar-refractivity contribution < 1.29 is 9.90 Å². The fourth-order valence-electron chi connectivity index (χ4n) is 0.975. The summed E-state index contributed by atoms with van der Waals surface area (Å²) in [6.45, 7) is 0. The molecular weight excluding hydrogens is 190 g/mol. The van der Waals surface area contributed by atoms with Crippen molar-refractivity contribution in [2.75, 3.05) is 0 Å². The minimum atomic E-state index is -0.769. The van der Waals surface area contributed by atoms with E-state index in [1.54, 1.807) is 12.3 Å². The summed E-state index contributed by atoms with van der Waals surface area (Å²) < 4.78 is 0. The molecular formula is C9H10ClNO2. The predicted octanol–water partition coefficient (Wildman–Crippen LogP) is 2.14. The van der Waals surface area contributed by atoms with E-state index in [0.29, 0.717) is 17.9 Å². The zero-order valence-corrected chi connectivity index (χ0v) is 7.79. The van der Waals surface area contributed by atoms with Gasteiger partial charge in [0.1, 0.15) is 0 Å². The number of rotatable bonds is 4. The lowest BCUT2D eigenvalue weighted by Crippen LogP contribution is -1.96.